The van der Waals surface area contributed by atoms with E-state index in [-0.39, 0.29) is 17.7 Å². The molecule has 1 amide bonds. The number of sulfonamides is 1. The lowest BCUT2D eigenvalue weighted by Crippen LogP contribution is -2.42. The molecule has 0 bridgehead atoms. The van der Waals surface area contributed by atoms with Crippen molar-refractivity contribution in [3.05, 3.63) is 29.3 Å². The lowest BCUT2D eigenvalue weighted by atomic mass is 9.88. The van der Waals surface area contributed by atoms with E-state index in [2.05, 4.69) is 0 Å². The third-order valence-electron chi connectivity index (χ3n) is 5.57. The summed E-state index contributed by atoms with van der Waals surface area (Å²) in [5.74, 6) is 0.718. The van der Waals surface area contributed by atoms with Gasteiger partial charge in [0.15, 0.2) is 0 Å². The Hall–Kier alpha value is -1.60. The molecule has 2 aliphatic heterocycles. The van der Waals surface area contributed by atoms with Gasteiger partial charge in [-0.1, -0.05) is 0 Å². The first-order valence-electron chi connectivity index (χ1n) is 9.72. The molecule has 7 heteroatoms. The van der Waals surface area contributed by atoms with Crippen LogP contribution in [0.1, 0.15) is 68.4 Å². The second-order valence-electron chi connectivity index (χ2n) is 8.10. The van der Waals surface area contributed by atoms with Crippen LogP contribution in [0.25, 0.3) is 0 Å². The number of nitrogens with zero attached hydrogens (tertiary/aromatic N) is 2. The van der Waals surface area contributed by atoms with Gasteiger partial charge in [0.25, 0.3) is 5.91 Å². The normalized spacial score (nSPS) is 22.3. The Morgan fingerprint density at radius 1 is 1.26 bits per heavy atom. The molecule has 0 aromatic heterocycles. The lowest BCUT2D eigenvalue weighted by molar-refractivity contribution is 0.0540. The van der Waals surface area contributed by atoms with E-state index in [0.29, 0.717) is 17.7 Å². The molecule has 6 nitrogen and oxygen atoms in total. The topological polar surface area (TPSA) is 66.9 Å². The zero-order valence-corrected chi connectivity index (χ0v) is 17.5. The van der Waals surface area contributed by atoms with Gasteiger partial charge >= 0.3 is 0 Å². The number of piperidine rings is 1. The Kier molecular flexibility index (Phi) is 5.54. The highest BCUT2D eigenvalue weighted by molar-refractivity contribution is 7.89. The van der Waals surface area contributed by atoms with Crippen LogP contribution in [0.15, 0.2) is 18.2 Å². The summed E-state index contributed by atoms with van der Waals surface area (Å²) >= 11 is 0. The minimum absolute atomic E-state index is 0.0158. The molecule has 3 rings (SSSR count). The predicted octanol–water partition coefficient (Wildman–Crippen LogP) is 3.20. The van der Waals surface area contributed by atoms with Gasteiger partial charge in [-0.15, -0.1) is 0 Å². The Labute approximate surface area is 162 Å². The molecule has 1 saturated heterocycles. The van der Waals surface area contributed by atoms with E-state index in [4.69, 9.17) is 4.74 Å². The fraction of sp³-hybridized carbons (Fsp3) is 0.650. The third kappa shape index (κ3) is 4.14. The van der Waals surface area contributed by atoms with E-state index >= 15 is 0 Å². The minimum Gasteiger partial charge on any atom is -0.487 e. The number of likely N-dealkylation sites (tertiary alicyclic amines) is 1. The summed E-state index contributed by atoms with van der Waals surface area (Å²) in [6.07, 6.45) is 3.78. The zero-order valence-electron chi connectivity index (χ0n) is 16.7. The number of amides is 1. The van der Waals surface area contributed by atoms with Gasteiger partial charge in [-0.05, 0) is 58.2 Å². The van der Waals surface area contributed by atoms with Crippen molar-refractivity contribution in [3.8, 4) is 5.75 Å². The van der Waals surface area contributed by atoms with Crippen LogP contribution in [0.3, 0.4) is 0 Å². The van der Waals surface area contributed by atoms with Gasteiger partial charge in [0, 0.05) is 37.7 Å². The molecule has 27 heavy (non-hydrogen) atoms. The first-order chi connectivity index (χ1) is 12.6. The Balaban J connectivity index is 1.98. The monoisotopic (exact) mass is 394 g/mol. The quantitative estimate of drug-likeness (QED) is 0.787. The highest BCUT2D eigenvalue weighted by Gasteiger charge is 2.39. The Morgan fingerprint density at radius 3 is 2.56 bits per heavy atom. The van der Waals surface area contributed by atoms with Crippen LogP contribution >= 0.6 is 0 Å². The van der Waals surface area contributed by atoms with Crippen molar-refractivity contribution in [1.29, 1.82) is 0 Å². The number of hydrogen-bond acceptors (Lipinski definition) is 4. The number of fused-ring (bicyclic) bond motifs is 1. The summed E-state index contributed by atoms with van der Waals surface area (Å²) in [5.41, 5.74) is 0.899. The van der Waals surface area contributed by atoms with Crippen LogP contribution in [-0.2, 0) is 10.0 Å². The molecule has 0 aliphatic carbocycles. The fourth-order valence-electron chi connectivity index (χ4n) is 3.95. The molecule has 1 atom stereocenters. The van der Waals surface area contributed by atoms with Crippen LogP contribution < -0.4 is 4.74 Å². The summed E-state index contributed by atoms with van der Waals surface area (Å²) in [4.78, 5) is 14.8. The highest BCUT2D eigenvalue weighted by Crippen LogP contribution is 2.43. The Morgan fingerprint density at radius 2 is 1.93 bits per heavy atom. The molecular formula is C20H30N2O4S. The Bertz CT molecular complexity index is 813. The SMILES string of the molecule is CCS(=O)(=O)N(C)C1CC(C)(C)Oc2ccc(C(=O)N3CCCCC3)cc21. The van der Waals surface area contributed by atoms with E-state index in [1.807, 2.05) is 30.9 Å². The van der Waals surface area contributed by atoms with Crippen LogP contribution in [0.4, 0.5) is 0 Å². The van der Waals surface area contributed by atoms with Crippen molar-refractivity contribution in [1.82, 2.24) is 9.21 Å². The maximum Gasteiger partial charge on any atom is 0.253 e. The average molecular weight is 395 g/mol. The number of ether oxygens (including phenoxy) is 1. The summed E-state index contributed by atoms with van der Waals surface area (Å²) in [5, 5.41) is 0. The first-order valence-corrected chi connectivity index (χ1v) is 11.3. The van der Waals surface area contributed by atoms with Gasteiger partial charge in [-0.25, -0.2) is 8.42 Å². The number of carbonyl (C=O) groups is 1. The number of hydrogen-bond donors (Lipinski definition) is 0. The van der Waals surface area contributed by atoms with Crippen molar-refractivity contribution in [2.75, 3.05) is 25.9 Å². The average Bonchev–Trinajstić information content (AvgIpc) is 2.65. The molecule has 150 valence electrons. The molecule has 0 N–H and O–H groups in total. The molecule has 2 heterocycles. The van der Waals surface area contributed by atoms with Crippen LogP contribution in [-0.4, -0.2) is 55.0 Å². The van der Waals surface area contributed by atoms with Gasteiger partial charge in [0.05, 0.1) is 11.8 Å². The van der Waals surface area contributed by atoms with Crippen LogP contribution in [0, 0.1) is 0 Å². The lowest BCUT2D eigenvalue weighted by Gasteiger charge is -2.41. The van der Waals surface area contributed by atoms with Gasteiger partial charge in [-0.3, -0.25) is 4.79 Å². The number of carbonyl (C=O) groups excluding carboxylic acids is 1. The summed E-state index contributed by atoms with van der Waals surface area (Å²) in [6, 6.07) is 5.09. The zero-order chi connectivity index (χ0) is 19.8. The predicted molar refractivity (Wildman–Crippen MR) is 105 cm³/mol. The van der Waals surface area contributed by atoms with Crippen LogP contribution in [0.2, 0.25) is 0 Å². The summed E-state index contributed by atoms with van der Waals surface area (Å²) in [6.45, 7) is 7.14. The molecular weight excluding hydrogens is 364 g/mol. The maximum absolute atomic E-state index is 12.9. The number of benzene rings is 1. The van der Waals surface area contributed by atoms with Crippen molar-refractivity contribution < 1.29 is 17.9 Å². The maximum atomic E-state index is 12.9. The molecule has 2 aliphatic rings. The van der Waals surface area contributed by atoms with E-state index in [9.17, 15) is 13.2 Å². The fourth-order valence-corrected chi connectivity index (χ4v) is 4.93. The first kappa shape index (κ1) is 20.1. The van der Waals surface area contributed by atoms with Gasteiger partial charge in [0.2, 0.25) is 10.0 Å². The van der Waals surface area contributed by atoms with Gasteiger partial charge in [0.1, 0.15) is 11.4 Å². The molecule has 0 radical (unpaired) electrons. The second-order valence-corrected chi connectivity index (χ2v) is 10.4. The molecule has 1 fully saturated rings. The van der Waals surface area contributed by atoms with Crippen molar-refractivity contribution in [3.63, 3.8) is 0 Å². The van der Waals surface area contributed by atoms with Crippen molar-refractivity contribution >= 4 is 15.9 Å². The smallest absolute Gasteiger partial charge is 0.253 e. The van der Waals surface area contributed by atoms with Crippen molar-refractivity contribution in [2.45, 2.75) is 58.1 Å². The molecule has 1 aromatic carbocycles. The molecule has 0 saturated carbocycles. The molecule has 1 aromatic rings. The second kappa shape index (κ2) is 7.43. The van der Waals surface area contributed by atoms with Gasteiger partial charge in [-0.2, -0.15) is 4.31 Å². The van der Waals surface area contributed by atoms with Gasteiger partial charge < -0.3 is 9.64 Å². The van der Waals surface area contributed by atoms with E-state index in [0.717, 1.165) is 31.5 Å². The molecule has 0 spiro atoms. The summed E-state index contributed by atoms with van der Waals surface area (Å²) in [7, 11) is -1.74. The standard InChI is InChI=1S/C20H30N2O4S/c1-5-27(24,25)21(4)17-14-20(2,3)26-18-10-9-15(13-16(17)18)19(23)22-11-7-6-8-12-22/h9-10,13,17H,5-8,11-12,14H2,1-4H3. The number of rotatable bonds is 4. The van der Waals surface area contributed by atoms with Crippen molar-refractivity contribution in [2.24, 2.45) is 0 Å². The largest absolute Gasteiger partial charge is 0.487 e. The van der Waals surface area contributed by atoms with E-state index < -0.39 is 15.6 Å². The summed E-state index contributed by atoms with van der Waals surface area (Å²) < 4.78 is 32.5. The third-order valence-corrected chi connectivity index (χ3v) is 7.43. The highest BCUT2D eigenvalue weighted by atomic mass is 32.2. The molecule has 1 unspecified atom stereocenters. The minimum atomic E-state index is -3.36. The van der Waals surface area contributed by atoms with Crippen LogP contribution in [0.5, 0.6) is 5.75 Å². The van der Waals surface area contributed by atoms with E-state index in [1.165, 1.54) is 10.7 Å². The van der Waals surface area contributed by atoms with E-state index in [1.54, 1.807) is 20.0 Å².